The number of hydrogen-bond donors (Lipinski definition) is 0. The second-order valence-corrected chi connectivity index (χ2v) is 10.2. The number of benzene rings is 4. The monoisotopic (exact) mass is 602 g/mol. The summed E-state index contributed by atoms with van der Waals surface area (Å²) < 4.78 is 20.8. The lowest BCUT2D eigenvalue weighted by molar-refractivity contribution is -0.139. The lowest BCUT2D eigenvalue weighted by Gasteiger charge is -2.09. The number of methoxy groups -OCH3 is 2. The number of carbonyl (C=O) groups is 3. The first-order chi connectivity index (χ1) is 21.9. The van der Waals surface area contributed by atoms with Gasteiger partial charge in [0.05, 0.1) is 27.4 Å². The molecule has 0 radical (unpaired) electrons. The summed E-state index contributed by atoms with van der Waals surface area (Å²) in [6, 6.07) is 30.5. The fraction of sp³-hybridized carbons (Fsp3) is 0.184. The van der Waals surface area contributed by atoms with Gasteiger partial charge < -0.3 is 18.9 Å². The van der Waals surface area contributed by atoms with Gasteiger partial charge in [-0.15, -0.1) is 0 Å². The molecule has 0 atom stereocenters. The SMILES string of the molecule is CCOC(=O)C1=C(c2ccccc2)c2ccc(OC)cc2C1.CCOC(=O)C1=C(c2ccccc2)c2ccc(OC)cc2C1=O. The minimum atomic E-state index is -0.591. The van der Waals surface area contributed by atoms with Gasteiger partial charge in [-0.1, -0.05) is 66.7 Å². The van der Waals surface area contributed by atoms with Crippen LogP contribution in [-0.4, -0.2) is 45.2 Å². The summed E-state index contributed by atoms with van der Waals surface area (Å²) in [6.07, 6.45) is 0.579. The van der Waals surface area contributed by atoms with E-state index in [0.29, 0.717) is 29.9 Å². The van der Waals surface area contributed by atoms with Crippen molar-refractivity contribution in [1.82, 2.24) is 0 Å². The van der Waals surface area contributed by atoms with Crippen molar-refractivity contribution in [2.75, 3.05) is 27.4 Å². The standard InChI is InChI=1S/C19H16O4.C19H18O3/c1-3-23-19(21)17-16(12-7-5-4-6-8-12)14-10-9-13(22-2)11-15(14)18(17)20;1-3-22-19(20)17-12-14-11-15(21-2)9-10-16(14)18(17)13-7-5-4-6-8-13/h4-11H,3H2,1-2H3;4-11H,3,12H2,1-2H3. The normalized spacial score (nSPS) is 13.0. The molecule has 2 aliphatic rings. The molecule has 2 aliphatic carbocycles. The average Bonchev–Trinajstić information content (AvgIpc) is 3.60. The lowest BCUT2D eigenvalue weighted by atomic mass is 9.97. The van der Waals surface area contributed by atoms with Crippen molar-refractivity contribution in [2.45, 2.75) is 20.3 Å². The van der Waals surface area contributed by atoms with E-state index in [2.05, 4.69) is 0 Å². The first-order valence-corrected chi connectivity index (χ1v) is 14.7. The Hall–Kier alpha value is -5.43. The maximum atomic E-state index is 12.8. The lowest BCUT2D eigenvalue weighted by Crippen LogP contribution is -2.14. The van der Waals surface area contributed by atoms with E-state index in [9.17, 15) is 14.4 Å². The molecule has 0 saturated heterocycles. The number of ether oxygens (including phenoxy) is 4. The molecule has 0 bridgehead atoms. The number of hydrogen-bond acceptors (Lipinski definition) is 7. The number of fused-ring (bicyclic) bond motifs is 2. The molecular formula is C38H34O7. The van der Waals surface area contributed by atoms with Gasteiger partial charge in [0.1, 0.15) is 17.1 Å². The molecule has 0 unspecified atom stereocenters. The molecular weight excluding hydrogens is 568 g/mol. The Morgan fingerprint density at radius 1 is 0.622 bits per heavy atom. The second-order valence-electron chi connectivity index (χ2n) is 10.2. The average molecular weight is 603 g/mol. The highest BCUT2D eigenvalue weighted by molar-refractivity contribution is 6.35. The van der Waals surface area contributed by atoms with Gasteiger partial charge in [0.2, 0.25) is 5.78 Å². The highest BCUT2D eigenvalue weighted by atomic mass is 16.5. The quantitative estimate of drug-likeness (QED) is 0.161. The van der Waals surface area contributed by atoms with Crippen LogP contribution in [0.2, 0.25) is 0 Å². The van der Waals surface area contributed by atoms with E-state index < -0.39 is 5.97 Å². The van der Waals surface area contributed by atoms with E-state index in [0.717, 1.165) is 44.7 Å². The molecule has 0 aliphatic heterocycles. The molecule has 0 heterocycles. The highest BCUT2D eigenvalue weighted by Gasteiger charge is 2.36. The van der Waals surface area contributed by atoms with Crippen LogP contribution in [0.25, 0.3) is 11.1 Å². The molecule has 45 heavy (non-hydrogen) atoms. The maximum Gasteiger partial charge on any atom is 0.342 e. The fourth-order valence-corrected chi connectivity index (χ4v) is 5.60. The van der Waals surface area contributed by atoms with Gasteiger partial charge in [-0.3, -0.25) is 4.79 Å². The number of Topliss-reactive ketones (excluding diaryl/α,β-unsaturated/α-hetero) is 1. The van der Waals surface area contributed by atoms with Gasteiger partial charge in [0, 0.05) is 23.1 Å². The molecule has 0 aromatic heterocycles. The number of ketones is 1. The Labute approximate surface area is 262 Å². The van der Waals surface area contributed by atoms with Crippen molar-refractivity contribution in [1.29, 1.82) is 0 Å². The van der Waals surface area contributed by atoms with E-state index >= 15 is 0 Å². The van der Waals surface area contributed by atoms with E-state index in [1.807, 2.05) is 85.8 Å². The van der Waals surface area contributed by atoms with Crippen LogP contribution in [0.3, 0.4) is 0 Å². The molecule has 228 valence electrons. The van der Waals surface area contributed by atoms with Gasteiger partial charge in [0.25, 0.3) is 0 Å². The van der Waals surface area contributed by atoms with Crippen molar-refractivity contribution in [2.24, 2.45) is 0 Å². The molecule has 7 heteroatoms. The van der Waals surface area contributed by atoms with Crippen LogP contribution in [0.1, 0.15) is 52.0 Å². The first kappa shape index (κ1) is 31.0. The second kappa shape index (κ2) is 13.9. The van der Waals surface area contributed by atoms with Crippen LogP contribution in [0, 0.1) is 0 Å². The Bertz CT molecular complexity index is 1800. The molecule has 4 aromatic rings. The maximum absolute atomic E-state index is 12.8. The Morgan fingerprint density at radius 2 is 1.16 bits per heavy atom. The molecule has 0 spiro atoms. The minimum Gasteiger partial charge on any atom is -0.497 e. The topological polar surface area (TPSA) is 88.1 Å². The zero-order chi connectivity index (χ0) is 31.9. The van der Waals surface area contributed by atoms with Crippen LogP contribution in [-0.2, 0) is 25.5 Å². The summed E-state index contributed by atoms with van der Waals surface area (Å²) in [5, 5.41) is 0. The summed E-state index contributed by atoms with van der Waals surface area (Å²) in [6.45, 7) is 4.14. The smallest absolute Gasteiger partial charge is 0.342 e. The van der Waals surface area contributed by atoms with E-state index in [4.69, 9.17) is 18.9 Å². The summed E-state index contributed by atoms with van der Waals surface area (Å²) >= 11 is 0. The minimum absolute atomic E-state index is 0.0845. The van der Waals surface area contributed by atoms with Crippen LogP contribution in [0.5, 0.6) is 11.5 Å². The number of carbonyl (C=O) groups excluding carboxylic acids is 3. The van der Waals surface area contributed by atoms with Gasteiger partial charge in [-0.05, 0) is 77.6 Å². The zero-order valence-electron chi connectivity index (χ0n) is 25.7. The summed E-state index contributed by atoms with van der Waals surface area (Å²) in [5.41, 5.74) is 7.61. The molecule has 0 amide bonds. The van der Waals surface area contributed by atoms with Gasteiger partial charge in [-0.25, -0.2) is 9.59 Å². The summed E-state index contributed by atoms with van der Waals surface area (Å²) in [7, 11) is 3.19. The van der Waals surface area contributed by atoms with E-state index in [-0.39, 0.29) is 23.9 Å². The zero-order valence-corrected chi connectivity index (χ0v) is 25.7. The Balaban J connectivity index is 0.000000178. The van der Waals surface area contributed by atoms with Crippen molar-refractivity contribution < 1.29 is 33.3 Å². The molecule has 4 aromatic carbocycles. The molecule has 7 nitrogen and oxygen atoms in total. The predicted molar refractivity (Wildman–Crippen MR) is 172 cm³/mol. The summed E-state index contributed by atoms with van der Waals surface area (Å²) in [4.78, 5) is 37.4. The van der Waals surface area contributed by atoms with Crippen molar-refractivity contribution in [3.05, 3.63) is 142 Å². The summed E-state index contributed by atoms with van der Waals surface area (Å²) in [5.74, 6) is 0.227. The van der Waals surface area contributed by atoms with E-state index in [1.165, 1.54) is 0 Å². The van der Waals surface area contributed by atoms with E-state index in [1.54, 1.807) is 39.3 Å². The van der Waals surface area contributed by atoms with Crippen LogP contribution in [0.15, 0.2) is 108 Å². The first-order valence-electron chi connectivity index (χ1n) is 14.7. The molecule has 0 N–H and O–H groups in total. The molecule has 0 saturated carbocycles. The Kier molecular flexibility index (Phi) is 9.58. The number of esters is 2. The van der Waals surface area contributed by atoms with Crippen molar-refractivity contribution in [3.63, 3.8) is 0 Å². The van der Waals surface area contributed by atoms with Crippen molar-refractivity contribution >= 4 is 28.9 Å². The molecule has 6 rings (SSSR count). The predicted octanol–water partition coefficient (Wildman–Crippen LogP) is 6.87. The van der Waals surface area contributed by atoms with Crippen LogP contribution in [0.4, 0.5) is 0 Å². The van der Waals surface area contributed by atoms with Gasteiger partial charge >= 0.3 is 11.9 Å². The molecule has 0 fully saturated rings. The Morgan fingerprint density at radius 3 is 1.73 bits per heavy atom. The van der Waals surface area contributed by atoms with Gasteiger partial charge in [0.15, 0.2) is 0 Å². The largest absolute Gasteiger partial charge is 0.497 e. The third-order valence-corrected chi connectivity index (χ3v) is 7.59. The fourth-order valence-electron chi connectivity index (χ4n) is 5.60. The van der Waals surface area contributed by atoms with Crippen molar-refractivity contribution in [3.8, 4) is 11.5 Å². The third kappa shape index (κ3) is 6.29. The van der Waals surface area contributed by atoms with Gasteiger partial charge in [-0.2, -0.15) is 0 Å². The highest BCUT2D eigenvalue weighted by Crippen LogP contribution is 2.40. The number of rotatable bonds is 8. The van der Waals surface area contributed by atoms with Crippen LogP contribution >= 0.6 is 0 Å². The van der Waals surface area contributed by atoms with Crippen LogP contribution < -0.4 is 9.47 Å². The third-order valence-electron chi connectivity index (χ3n) is 7.59.